The third-order valence-corrected chi connectivity index (χ3v) is 3.96. The summed E-state index contributed by atoms with van der Waals surface area (Å²) in [6.45, 7) is 5.34. The molecule has 0 saturated carbocycles. The van der Waals surface area contributed by atoms with Gasteiger partial charge in [0, 0.05) is 31.9 Å². The monoisotopic (exact) mass is 250 g/mol. The van der Waals surface area contributed by atoms with Crippen LogP contribution in [0.5, 0.6) is 0 Å². The summed E-state index contributed by atoms with van der Waals surface area (Å²) in [5.74, 6) is 0.144. The summed E-state index contributed by atoms with van der Waals surface area (Å²) in [6.07, 6.45) is 5.52. The third kappa shape index (κ3) is 2.93. The van der Waals surface area contributed by atoms with E-state index < -0.39 is 6.10 Å². The molecule has 1 fully saturated rings. The highest BCUT2D eigenvalue weighted by atomic mass is 16.3. The minimum Gasteiger partial charge on any atom is -0.391 e. The van der Waals surface area contributed by atoms with Crippen LogP contribution in [-0.4, -0.2) is 40.1 Å². The van der Waals surface area contributed by atoms with Gasteiger partial charge in [0.2, 0.25) is 5.91 Å². The number of rotatable bonds is 3. The quantitative estimate of drug-likeness (QED) is 0.855. The van der Waals surface area contributed by atoms with Crippen LogP contribution in [0.2, 0.25) is 0 Å². The lowest BCUT2D eigenvalue weighted by atomic mass is 9.80. The molecular weight excluding hydrogens is 228 g/mol. The predicted octanol–water partition coefficient (Wildman–Crippen LogP) is 1.57. The number of piperidine rings is 1. The number of β-amino-alcohol motifs (C(OH)–C–C–N with tert-alkyl or cyclic N) is 1. The highest BCUT2D eigenvalue weighted by Gasteiger charge is 2.35. The summed E-state index contributed by atoms with van der Waals surface area (Å²) >= 11 is 0. The van der Waals surface area contributed by atoms with E-state index in [4.69, 9.17) is 0 Å². The summed E-state index contributed by atoms with van der Waals surface area (Å²) in [5.41, 5.74) is 1.08. The number of hydrogen-bond acceptors (Lipinski definition) is 2. The van der Waals surface area contributed by atoms with Crippen molar-refractivity contribution in [2.45, 2.75) is 39.2 Å². The Labute approximate surface area is 108 Å². The minimum atomic E-state index is -0.414. The molecule has 2 heterocycles. The molecule has 100 valence electrons. The van der Waals surface area contributed by atoms with Gasteiger partial charge in [0.15, 0.2) is 0 Å². The number of amides is 1. The van der Waals surface area contributed by atoms with Gasteiger partial charge in [-0.15, -0.1) is 0 Å². The first kappa shape index (κ1) is 13.1. The summed E-state index contributed by atoms with van der Waals surface area (Å²) in [6, 6.07) is 1.99. The summed E-state index contributed by atoms with van der Waals surface area (Å²) < 4.78 is 0. The minimum absolute atomic E-state index is 0.0720. The second-order valence-electron chi connectivity index (χ2n) is 5.81. The van der Waals surface area contributed by atoms with Crippen LogP contribution in [-0.2, 0) is 11.2 Å². The Morgan fingerprint density at radius 2 is 2.39 bits per heavy atom. The van der Waals surface area contributed by atoms with Gasteiger partial charge >= 0.3 is 0 Å². The van der Waals surface area contributed by atoms with E-state index in [-0.39, 0.29) is 11.3 Å². The number of aromatic nitrogens is 1. The van der Waals surface area contributed by atoms with Crippen molar-refractivity contribution in [2.24, 2.45) is 5.41 Å². The Bertz CT molecular complexity index is 398. The maximum Gasteiger partial charge on any atom is 0.222 e. The van der Waals surface area contributed by atoms with E-state index in [0.717, 1.165) is 24.9 Å². The van der Waals surface area contributed by atoms with Crippen molar-refractivity contribution < 1.29 is 9.90 Å². The molecule has 0 bridgehead atoms. The van der Waals surface area contributed by atoms with Crippen molar-refractivity contribution in [3.63, 3.8) is 0 Å². The number of likely N-dealkylation sites (tertiary alicyclic amines) is 1. The molecule has 1 aliphatic heterocycles. The Balaban J connectivity index is 1.83. The number of aliphatic hydroxyl groups excluding tert-OH is 1. The molecular formula is C14H22N2O2. The van der Waals surface area contributed by atoms with Gasteiger partial charge in [-0.3, -0.25) is 4.79 Å². The molecule has 4 heteroatoms. The SMILES string of the molecule is CC1(C)CCN(C(=O)CCc2cc[nH]c2)CC1O. The Morgan fingerprint density at radius 3 is 3.00 bits per heavy atom. The van der Waals surface area contributed by atoms with Crippen LogP contribution in [0.3, 0.4) is 0 Å². The first-order valence-corrected chi connectivity index (χ1v) is 6.56. The number of carbonyl (C=O) groups excluding carboxylic acids is 1. The van der Waals surface area contributed by atoms with Gasteiger partial charge in [-0.25, -0.2) is 0 Å². The van der Waals surface area contributed by atoms with E-state index in [2.05, 4.69) is 18.8 Å². The van der Waals surface area contributed by atoms with Gasteiger partial charge in [0.05, 0.1) is 6.10 Å². The molecule has 0 aliphatic carbocycles. The third-order valence-electron chi connectivity index (χ3n) is 3.96. The molecule has 1 aromatic rings. The molecule has 1 aromatic heterocycles. The fourth-order valence-corrected chi connectivity index (χ4v) is 2.29. The normalized spacial score (nSPS) is 23.1. The molecule has 1 aliphatic rings. The van der Waals surface area contributed by atoms with Gasteiger partial charge < -0.3 is 15.0 Å². The Morgan fingerprint density at radius 1 is 1.61 bits per heavy atom. The molecule has 1 atom stereocenters. The number of carbonyl (C=O) groups is 1. The van der Waals surface area contributed by atoms with Crippen LogP contribution in [0.15, 0.2) is 18.5 Å². The van der Waals surface area contributed by atoms with Gasteiger partial charge in [-0.05, 0) is 29.9 Å². The van der Waals surface area contributed by atoms with E-state index >= 15 is 0 Å². The standard InChI is InChI=1S/C14H22N2O2/c1-14(2)6-8-16(10-12(14)17)13(18)4-3-11-5-7-15-9-11/h5,7,9,12,15,17H,3-4,6,8,10H2,1-2H3. The summed E-state index contributed by atoms with van der Waals surface area (Å²) in [5, 5.41) is 10.0. The predicted molar refractivity (Wildman–Crippen MR) is 70.1 cm³/mol. The van der Waals surface area contributed by atoms with Crippen LogP contribution in [0.1, 0.15) is 32.3 Å². The van der Waals surface area contributed by atoms with Gasteiger partial charge in [0.1, 0.15) is 0 Å². The molecule has 1 saturated heterocycles. The molecule has 0 radical (unpaired) electrons. The van der Waals surface area contributed by atoms with Crippen molar-refractivity contribution in [3.8, 4) is 0 Å². The summed E-state index contributed by atoms with van der Waals surface area (Å²) in [7, 11) is 0. The van der Waals surface area contributed by atoms with E-state index in [1.165, 1.54) is 0 Å². The first-order chi connectivity index (χ1) is 8.49. The van der Waals surface area contributed by atoms with Gasteiger partial charge in [-0.2, -0.15) is 0 Å². The van der Waals surface area contributed by atoms with Gasteiger partial charge in [0.25, 0.3) is 0 Å². The number of nitrogens with one attached hydrogen (secondary N) is 1. The van der Waals surface area contributed by atoms with Crippen molar-refractivity contribution in [3.05, 3.63) is 24.0 Å². The highest BCUT2D eigenvalue weighted by Crippen LogP contribution is 2.30. The van der Waals surface area contributed by atoms with Crippen LogP contribution in [0.25, 0.3) is 0 Å². The van der Waals surface area contributed by atoms with E-state index in [1.807, 2.05) is 18.5 Å². The van der Waals surface area contributed by atoms with Crippen LogP contribution in [0, 0.1) is 5.41 Å². The molecule has 1 amide bonds. The number of aryl methyl sites for hydroxylation is 1. The topological polar surface area (TPSA) is 56.3 Å². The number of H-pyrrole nitrogens is 1. The summed E-state index contributed by atoms with van der Waals surface area (Å²) in [4.78, 5) is 16.8. The van der Waals surface area contributed by atoms with Crippen molar-refractivity contribution in [1.82, 2.24) is 9.88 Å². The Kier molecular flexibility index (Phi) is 3.76. The fourth-order valence-electron chi connectivity index (χ4n) is 2.29. The second kappa shape index (κ2) is 5.14. The van der Waals surface area contributed by atoms with Crippen LogP contribution < -0.4 is 0 Å². The first-order valence-electron chi connectivity index (χ1n) is 6.56. The second-order valence-corrected chi connectivity index (χ2v) is 5.81. The maximum atomic E-state index is 12.1. The largest absolute Gasteiger partial charge is 0.391 e. The number of nitrogens with zero attached hydrogens (tertiary/aromatic N) is 1. The molecule has 18 heavy (non-hydrogen) atoms. The number of aromatic amines is 1. The molecule has 0 aromatic carbocycles. The number of hydrogen-bond donors (Lipinski definition) is 2. The smallest absolute Gasteiger partial charge is 0.222 e. The van der Waals surface area contributed by atoms with Crippen molar-refractivity contribution >= 4 is 5.91 Å². The molecule has 2 N–H and O–H groups in total. The zero-order valence-electron chi connectivity index (χ0n) is 11.1. The van der Waals surface area contributed by atoms with E-state index in [1.54, 1.807) is 4.90 Å². The zero-order chi connectivity index (χ0) is 13.2. The van der Waals surface area contributed by atoms with E-state index in [9.17, 15) is 9.90 Å². The van der Waals surface area contributed by atoms with Crippen molar-refractivity contribution in [2.75, 3.05) is 13.1 Å². The zero-order valence-corrected chi connectivity index (χ0v) is 11.1. The molecule has 4 nitrogen and oxygen atoms in total. The van der Waals surface area contributed by atoms with Crippen LogP contribution in [0.4, 0.5) is 0 Å². The maximum absolute atomic E-state index is 12.1. The molecule has 2 rings (SSSR count). The fraction of sp³-hybridized carbons (Fsp3) is 0.643. The lowest BCUT2D eigenvalue weighted by molar-refractivity contribution is -0.137. The van der Waals surface area contributed by atoms with Gasteiger partial charge in [-0.1, -0.05) is 13.8 Å². The lowest BCUT2D eigenvalue weighted by Crippen LogP contribution is -2.50. The lowest BCUT2D eigenvalue weighted by Gasteiger charge is -2.41. The van der Waals surface area contributed by atoms with Crippen LogP contribution >= 0.6 is 0 Å². The molecule has 0 spiro atoms. The molecule has 1 unspecified atom stereocenters. The Hall–Kier alpha value is -1.29. The average molecular weight is 250 g/mol. The van der Waals surface area contributed by atoms with Crippen molar-refractivity contribution in [1.29, 1.82) is 0 Å². The van der Waals surface area contributed by atoms with E-state index in [0.29, 0.717) is 13.0 Å². The average Bonchev–Trinajstić information content (AvgIpc) is 2.82. The number of aliphatic hydroxyl groups is 1. The highest BCUT2D eigenvalue weighted by molar-refractivity contribution is 5.76.